The Balaban J connectivity index is 1.45. The third-order valence-corrected chi connectivity index (χ3v) is 5.08. The number of para-hydroxylation sites is 1. The van der Waals surface area contributed by atoms with Gasteiger partial charge in [-0.1, -0.05) is 53.7 Å². The third-order valence-electron chi connectivity index (χ3n) is 5.08. The Labute approximate surface area is 169 Å². The zero-order valence-corrected chi connectivity index (χ0v) is 16.1. The first kappa shape index (κ1) is 18.7. The summed E-state index contributed by atoms with van der Waals surface area (Å²) in [7, 11) is 0. The first-order chi connectivity index (χ1) is 14.1. The van der Waals surface area contributed by atoms with Gasteiger partial charge in [0.1, 0.15) is 6.61 Å². The zero-order valence-electron chi connectivity index (χ0n) is 16.1. The summed E-state index contributed by atoms with van der Waals surface area (Å²) in [6.07, 6.45) is 0. The van der Waals surface area contributed by atoms with Crippen LogP contribution < -0.4 is 4.90 Å². The maximum atomic E-state index is 11.1. The summed E-state index contributed by atoms with van der Waals surface area (Å²) < 4.78 is 0. The number of oxime groups is 1. The summed E-state index contributed by atoms with van der Waals surface area (Å²) in [5.41, 5.74) is 6.07. The summed E-state index contributed by atoms with van der Waals surface area (Å²) in [6, 6.07) is 23.2. The van der Waals surface area contributed by atoms with Crippen LogP contribution in [-0.4, -0.2) is 10.6 Å². The van der Waals surface area contributed by atoms with Crippen molar-refractivity contribution in [3.63, 3.8) is 0 Å². The number of nitrogens with zero attached hydrogens (tertiary/aromatic N) is 3. The van der Waals surface area contributed by atoms with Crippen LogP contribution in [0.25, 0.3) is 0 Å². The monoisotopic (exact) mass is 387 g/mol. The van der Waals surface area contributed by atoms with Gasteiger partial charge in [-0.25, -0.2) is 0 Å². The highest BCUT2D eigenvalue weighted by Crippen LogP contribution is 2.28. The molecule has 0 radical (unpaired) electrons. The van der Waals surface area contributed by atoms with Gasteiger partial charge in [-0.2, -0.15) is 0 Å². The summed E-state index contributed by atoms with van der Waals surface area (Å²) in [5.74, 6) is 0. The Morgan fingerprint density at radius 2 is 1.72 bits per heavy atom. The van der Waals surface area contributed by atoms with Gasteiger partial charge in [0, 0.05) is 30.4 Å². The molecular formula is C23H21N3O3. The van der Waals surface area contributed by atoms with Crippen molar-refractivity contribution in [3.05, 3.63) is 105 Å². The summed E-state index contributed by atoms with van der Waals surface area (Å²) in [4.78, 5) is 18.4. The molecule has 1 heterocycles. The van der Waals surface area contributed by atoms with Gasteiger partial charge in [0.05, 0.1) is 16.2 Å². The molecule has 3 aromatic carbocycles. The Morgan fingerprint density at radius 1 is 1.03 bits per heavy atom. The molecule has 29 heavy (non-hydrogen) atoms. The van der Waals surface area contributed by atoms with Crippen LogP contribution in [0.4, 0.5) is 11.4 Å². The largest absolute Gasteiger partial charge is 0.390 e. The van der Waals surface area contributed by atoms with Crippen LogP contribution >= 0.6 is 0 Å². The highest BCUT2D eigenvalue weighted by molar-refractivity contribution is 5.99. The Hall–Kier alpha value is -3.67. The lowest BCUT2D eigenvalue weighted by Gasteiger charge is -2.18. The smallest absolute Gasteiger partial charge is 0.276 e. The molecule has 3 aromatic rings. The molecule has 0 saturated carbocycles. The van der Waals surface area contributed by atoms with E-state index in [9.17, 15) is 10.1 Å². The fraction of sp³-hybridized carbons (Fsp3) is 0.174. The minimum absolute atomic E-state index is 0.0379. The number of rotatable bonds is 6. The van der Waals surface area contributed by atoms with E-state index in [1.54, 1.807) is 18.2 Å². The predicted octanol–water partition coefficient (Wildman–Crippen LogP) is 5.06. The van der Waals surface area contributed by atoms with Gasteiger partial charge in [0.2, 0.25) is 0 Å². The first-order valence-corrected chi connectivity index (χ1v) is 9.43. The Morgan fingerprint density at radius 3 is 2.45 bits per heavy atom. The topological polar surface area (TPSA) is 68.0 Å². The van der Waals surface area contributed by atoms with Crippen molar-refractivity contribution in [2.24, 2.45) is 5.16 Å². The average molecular weight is 387 g/mol. The highest BCUT2D eigenvalue weighted by atomic mass is 16.6. The van der Waals surface area contributed by atoms with E-state index in [-0.39, 0.29) is 12.3 Å². The third kappa shape index (κ3) is 4.11. The molecule has 0 atom stereocenters. The highest BCUT2D eigenvalue weighted by Gasteiger charge is 2.19. The van der Waals surface area contributed by atoms with Crippen molar-refractivity contribution in [1.29, 1.82) is 0 Å². The zero-order chi connectivity index (χ0) is 20.2. The van der Waals surface area contributed by atoms with Crippen LogP contribution in [0.15, 0.2) is 78.0 Å². The first-order valence-electron chi connectivity index (χ1n) is 9.43. The molecule has 1 aliphatic rings. The van der Waals surface area contributed by atoms with Gasteiger partial charge in [0.25, 0.3) is 5.69 Å². The maximum absolute atomic E-state index is 11.1. The van der Waals surface area contributed by atoms with Crippen LogP contribution in [0.5, 0.6) is 0 Å². The summed E-state index contributed by atoms with van der Waals surface area (Å²) in [5, 5.41) is 15.3. The van der Waals surface area contributed by atoms with E-state index < -0.39 is 4.92 Å². The molecule has 0 N–H and O–H groups in total. The summed E-state index contributed by atoms with van der Waals surface area (Å²) in [6.45, 7) is 3.71. The summed E-state index contributed by atoms with van der Waals surface area (Å²) >= 11 is 0. The number of hydrogen-bond donors (Lipinski definition) is 0. The van der Waals surface area contributed by atoms with Crippen molar-refractivity contribution in [2.75, 3.05) is 4.90 Å². The standard InChI is InChI=1S/C23H21N3O3/c1-17(24-29-16-21-9-4-5-12-23(21)26(27)28)18-10-6-11-22(13-18)25-14-19-7-2-3-8-20(19)15-25/h2-13H,14-16H2,1H3/b24-17+. The van der Waals surface area contributed by atoms with Crippen LogP contribution in [0.2, 0.25) is 0 Å². The van der Waals surface area contributed by atoms with E-state index in [0.717, 1.165) is 30.1 Å². The number of hydrogen-bond acceptors (Lipinski definition) is 5. The Kier molecular flexibility index (Phi) is 5.24. The van der Waals surface area contributed by atoms with E-state index in [0.29, 0.717) is 5.56 Å². The molecule has 0 aromatic heterocycles. The average Bonchev–Trinajstić information content (AvgIpc) is 3.18. The molecule has 6 heteroatoms. The second-order valence-corrected chi connectivity index (χ2v) is 7.01. The fourth-order valence-corrected chi connectivity index (χ4v) is 3.51. The number of nitro groups is 1. The lowest BCUT2D eigenvalue weighted by molar-refractivity contribution is -0.386. The predicted molar refractivity (Wildman–Crippen MR) is 113 cm³/mol. The molecule has 1 aliphatic heterocycles. The molecular weight excluding hydrogens is 366 g/mol. The molecule has 0 amide bonds. The van der Waals surface area contributed by atoms with E-state index in [4.69, 9.17) is 4.84 Å². The molecule has 0 unspecified atom stereocenters. The minimum atomic E-state index is -0.410. The van der Waals surface area contributed by atoms with Gasteiger partial charge in [-0.05, 0) is 36.2 Å². The van der Waals surface area contributed by atoms with Gasteiger partial charge < -0.3 is 9.74 Å². The quantitative estimate of drug-likeness (QED) is 0.337. The second-order valence-electron chi connectivity index (χ2n) is 7.01. The van der Waals surface area contributed by atoms with Gasteiger partial charge >= 0.3 is 0 Å². The minimum Gasteiger partial charge on any atom is -0.390 e. The molecule has 146 valence electrons. The van der Waals surface area contributed by atoms with Crippen LogP contribution in [0, 0.1) is 10.1 Å². The molecule has 0 saturated heterocycles. The second kappa shape index (κ2) is 8.14. The van der Waals surface area contributed by atoms with Gasteiger partial charge in [-0.15, -0.1) is 0 Å². The van der Waals surface area contributed by atoms with E-state index in [1.165, 1.54) is 17.2 Å². The van der Waals surface area contributed by atoms with Gasteiger partial charge in [0.15, 0.2) is 0 Å². The maximum Gasteiger partial charge on any atom is 0.276 e. The van der Waals surface area contributed by atoms with Crippen molar-refractivity contribution in [3.8, 4) is 0 Å². The number of nitro benzene ring substituents is 1. The van der Waals surface area contributed by atoms with Crippen LogP contribution in [0.3, 0.4) is 0 Å². The molecule has 6 nitrogen and oxygen atoms in total. The van der Waals surface area contributed by atoms with E-state index in [1.807, 2.05) is 19.1 Å². The van der Waals surface area contributed by atoms with Gasteiger partial charge in [-0.3, -0.25) is 10.1 Å². The molecule has 0 bridgehead atoms. The van der Waals surface area contributed by atoms with Crippen molar-refractivity contribution in [2.45, 2.75) is 26.6 Å². The molecule has 0 spiro atoms. The molecule has 0 fully saturated rings. The lowest BCUT2D eigenvalue weighted by Crippen LogP contribution is -2.14. The van der Waals surface area contributed by atoms with Crippen LogP contribution in [-0.2, 0) is 24.5 Å². The number of benzene rings is 3. The fourth-order valence-electron chi connectivity index (χ4n) is 3.51. The van der Waals surface area contributed by atoms with E-state index >= 15 is 0 Å². The number of anilines is 1. The Bertz CT molecular complexity index is 1050. The normalized spacial score (nSPS) is 13.3. The van der Waals surface area contributed by atoms with Crippen molar-refractivity contribution < 1.29 is 9.76 Å². The van der Waals surface area contributed by atoms with Crippen molar-refractivity contribution in [1.82, 2.24) is 0 Å². The van der Waals surface area contributed by atoms with E-state index in [2.05, 4.69) is 46.5 Å². The number of fused-ring (bicyclic) bond motifs is 1. The van der Waals surface area contributed by atoms with Crippen LogP contribution in [0.1, 0.15) is 29.2 Å². The molecule has 0 aliphatic carbocycles. The molecule has 4 rings (SSSR count). The SMILES string of the molecule is C/C(=N\OCc1ccccc1[N+](=O)[O-])c1cccc(N2Cc3ccccc3C2)c1. The lowest BCUT2D eigenvalue weighted by atomic mass is 10.1. The van der Waals surface area contributed by atoms with Crippen molar-refractivity contribution >= 4 is 17.1 Å².